The number of hydrogen-bond donors (Lipinski definition) is 2. The number of carbonyl (C=O) groups is 2. The third-order valence-corrected chi connectivity index (χ3v) is 3.31. The Labute approximate surface area is 124 Å². The first kappa shape index (κ1) is 19.1. The predicted octanol–water partition coefficient (Wildman–Crippen LogP) is 2.12. The molecule has 0 fully saturated rings. The zero-order valence-electron chi connectivity index (χ0n) is 12.6. The summed E-state index contributed by atoms with van der Waals surface area (Å²) in [5, 5.41) is 11.4. The number of hydrogen-bond acceptors (Lipinski definition) is 5. The van der Waals surface area contributed by atoms with Gasteiger partial charge < -0.3 is 19.9 Å². The number of methoxy groups -OCH3 is 1. The number of amides is 1. The SMILES string of the molecule is COCCCCSCC(NC(=O)OC(C)(C)C)C(=O)O. The van der Waals surface area contributed by atoms with Gasteiger partial charge in [-0.05, 0) is 39.4 Å². The number of rotatable bonds is 9. The number of aliphatic carboxylic acids is 1. The zero-order chi connectivity index (χ0) is 15.6. The van der Waals surface area contributed by atoms with Crippen molar-refractivity contribution < 1.29 is 24.2 Å². The summed E-state index contributed by atoms with van der Waals surface area (Å²) in [6, 6.07) is -0.933. The Bertz CT molecular complexity index is 304. The van der Waals surface area contributed by atoms with Gasteiger partial charge in [0.05, 0.1) is 0 Å². The predicted molar refractivity (Wildman–Crippen MR) is 79.2 cm³/mol. The van der Waals surface area contributed by atoms with Crippen LogP contribution in [0.3, 0.4) is 0 Å². The van der Waals surface area contributed by atoms with Crippen LogP contribution in [0.15, 0.2) is 0 Å². The Balaban J connectivity index is 3.99. The molecular weight excluding hydrogens is 282 g/mol. The summed E-state index contributed by atoms with van der Waals surface area (Å²) in [6.45, 7) is 5.89. The quantitative estimate of drug-likeness (QED) is 0.635. The molecule has 0 bridgehead atoms. The van der Waals surface area contributed by atoms with Crippen molar-refractivity contribution in [3.8, 4) is 0 Å². The summed E-state index contributed by atoms with van der Waals surface area (Å²) in [5.41, 5.74) is -0.638. The lowest BCUT2D eigenvalue weighted by Gasteiger charge is -2.21. The number of unbranched alkanes of at least 4 members (excludes halogenated alkanes) is 1. The normalized spacial score (nSPS) is 12.8. The smallest absolute Gasteiger partial charge is 0.408 e. The van der Waals surface area contributed by atoms with Gasteiger partial charge in [0.15, 0.2) is 0 Å². The molecule has 0 aliphatic heterocycles. The van der Waals surface area contributed by atoms with Crippen molar-refractivity contribution >= 4 is 23.8 Å². The van der Waals surface area contributed by atoms with Gasteiger partial charge in [0, 0.05) is 19.5 Å². The van der Waals surface area contributed by atoms with Gasteiger partial charge in [0.1, 0.15) is 11.6 Å². The van der Waals surface area contributed by atoms with E-state index >= 15 is 0 Å². The van der Waals surface area contributed by atoms with Gasteiger partial charge in [-0.25, -0.2) is 9.59 Å². The summed E-state index contributed by atoms with van der Waals surface area (Å²) in [5.74, 6) is 0.102. The molecule has 0 rings (SSSR count). The monoisotopic (exact) mass is 307 g/mol. The van der Waals surface area contributed by atoms with Crippen LogP contribution in [0.4, 0.5) is 4.79 Å². The van der Waals surface area contributed by atoms with E-state index in [2.05, 4.69) is 5.32 Å². The Morgan fingerprint density at radius 1 is 1.30 bits per heavy atom. The third kappa shape index (κ3) is 10.9. The van der Waals surface area contributed by atoms with E-state index < -0.39 is 23.7 Å². The molecule has 1 amide bonds. The van der Waals surface area contributed by atoms with Crippen LogP contribution in [0.5, 0.6) is 0 Å². The van der Waals surface area contributed by atoms with Crippen molar-refractivity contribution in [2.45, 2.75) is 45.3 Å². The standard InChI is InChI=1S/C13H25NO5S/c1-13(2,3)19-12(17)14-10(11(15)16)9-20-8-6-5-7-18-4/h10H,5-9H2,1-4H3,(H,14,17)(H,15,16). The van der Waals surface area contributed by atoms with E-state index in [9.17, 15) is 9.59 Å². The first-order valence-corrected chi connectivity index (χ1v) is 7.70. The molecule has 2 N–H and O–H groups in total. The lowest BCUT2D eigenvalue weighted by Crippen LogP contribution is -2.45. The first-order chi connectivity index (χ1) is 9.26. The number of alkyl carbamates (subject to hydrolysis) is 1. The van der Waals surface area contributed by atoms with Crippen molar-refractivity contribution in [2.24, 2.45) is 0 Å². The van der Waals surface area contributed by atoms with Crippen LogP contribution in [-0.4, -0.2) is 54.0 Å². The molecular formula is C13H25NO5S. The highest BCUT2D eigenvalue weighted by atomic mass is 32.2. The average molecular weight is 307 g/mol. The maximum Gasteiger partial charge on any atom is 0.408 e. The van der Waals surface area contributed by atoms with Crippen LogP contribution < -0.4 is 5.32 Å². The van der Waals surface area contributed by atoms with Crippen LogP contribution >= 0.6 is 11.8 Å². The maximum absolute atomic E-state index is 11.5. The lowest BCUT2D eigenvalue weighted by atomic mass is 10.2. The molecule has 0 saturated heterocycles. The summed E-state index contributed by atoms with van der Waals surface area (Å²) in [7, 11) is 1.65. The Hall–Kier alpha value is -0.950. The summed E-state index contributed by atoms with van der Waals surface area (Å²) in [4.78, 5) is 22.6. The molecule has 1 atom stereocenters. The fourth-order valence-electron chi connectivity index (χ4n) is 1.28. The van der Waals surface area contributed by atoms with Gasteiger partial charge >= 0.3 is 12.1 Å². The minimum absolute atomic E-state index is 0.321. The minimum atomic E-state index is -1.06. The number of thioether (sulfide) groups is 1. The third-order valence-electron chi connectivity index (χ3n) is 2.16. The highest BCUT2D eigenvalue weighted by Gasteiger charge is 2.23. The number of nitrogens with one attached hydrogen (secondary N) is 1. The second kappa shape index (κ2) is 9.88. The molecule has 118 valence electrons. The van der Waals surface area contributed by atoms with Crippen molar-refractivity contribution in [2.75, 3.05) is 25.2 Å². The average Bonchev–Trinajstić information content (AvgIpc) is 2.29. The van der Waals surface area contributed by atoms with Gasteiger partial charge in [-0.2, -0.15) is 11.8 Å². The lowest BCUT2D eigenvalue weighted by molar-refractivity contribution is -0.138. The van der Waals surface area contributed by atoms with Crippen LogP contribution in [-0.2, 0) is 14.3 Å². The maximum atomic E-state index is 11.5. The second-order valence-corrected chi connectivity index (χ2v) is 6.46. The van der Waals surface area contributed by atoms with E-state index in [1.807, 2.05) is 0 Å². The van der Waals surface area contributed by atoms with E-state index in [0.29, 0.717) is 12.4 Å². The molecule has 0 heterocycles. The number of carbonyl (C=O) groups excluding carboxylic acids is 1. The zero-order valence-corrected chi connectivity index (χ0v) is 13.4. The van der Waals surface area contributed by atoms with E-state index in [-0.39, 0.29) is 0 Å². The van der Waals surface area contributed by atoms with Gasteiger partial charge in [-0.15, -0.1) is 0 Å². The van der Waals surface area contributed by atoms with Crippen molar-refractivity contribution in [1.82, 2.24) is 5.32 Å². The van der Waals surface area contributed by atoms with Crippen LogP contribution in [0.1, 0.15) is 33.6 Å². The molecule has 0 saturated carbocycles. The van der Waals surface area contributed by atoms with Gasteiger partial charge in [-0.1, -0.05) is 0 Å². The van der Waals surface area contributed by atoms with Crippen LogP contribution in [0.2, 0.25) is 0 Å². The minimum Gasteiger partial charge on any atom is -0.480 e. The van der Waals surface area contributed by atoms with Crippen molar-refractivity contribution in [3.05, 3.63) is 0 Å². The van der Waals surface area contributed by atoms with Gasteiger partial charge in [0.25, 0.3) is 0 Å². The molecule has 7 heteroatoms. The molecule has 6 nitrogen and oxygen atoms in total. The van der Waals surface area contributed by atoms with Crippen LogP contribution in [0, 0.1) is 0 Å². The molecule has 0 aromatic heterocycles. The molecule has 0 spiro atoms. The fourth-order valence-corrected chi connectivity index (χ4v) is 2.31. The largest absolute Gasteiger partial charge is 0.480 e. The van der Waals surface area contributed by atoms with E-state index in [0.717, 1.165) is 18.6 Å². The number of carboxylic acids is 1. The van der Waals surface area contributed by atoms with Crippen molar-refractivity contribution in [1.29, 1.82) is 0 Å². The van der Waals surface area contributed by atoms with E-state index in [1.165, 1.54) is 11.8 Å². The summed E-state index contributed by atoms with van der Waals surface area (Å²) >= 11 is 1.49. The Kier molecular flexibility index (Phi) is 9.41. The summed E-state index contributed by atoms with van der Waals surface area (Å²) in [6.07, 6.45) is 1.20. The highest BCUT2D eigenvalue weighted by molar-refractivity contribution is 7.99. The highest BCUT2D eigenvalue weighted by Crippen LogP contribution is 2.10. The topological polar surface area (TPSA) is 84.9 Å². The van der Waals surface area contributed by atoms with Gasteiger partial charge in [0.2, 0.25) is 0 Å². The molecule has 20 heavy (non-hydrogen) atoms. The summed E-state index contributed by atoms with van der Waals surface area (Å²) < 4.78 is 9.97. The Morgan fingerprint density at radius 3 is 2.45 bits per heavy atom. The van der Waals surface area contributed by atoms with E-state index in [1.54, 1.807) is 27.9 Å². The molecule has 0 aromatic carbocycles. The van der Waals surface area contributed by atoms with Gasteiger partial charge in [-0.3, -0.25) is 0 Å². The molecule has 0 aliphatic carbocycles. The molecule has 0 aromatic rings. The first-order valence-electron chi connectivity index (χ1n) is 6.55. The number of ether oxygens (including phenoxy) is 2. The molecule has 0 aliphatic rings. The molecule has 0 radical (unpaired) electrons. The van der Waals surface area contributed by atoms with Crippen LogP contribution in [0.25, 0.3) is 0 Å². The fraction of sp³-hybridized carbons (Fsp3) is 0.846. The second-order valence-electron chi connectivity index (χ2n) is 5.31. The molecule has 1 unspecified atom stereocenters. The van der Waals surface area contributed by atoms with E-state index in [4.69, 9.17) is 14.6 Å². The van der Waals surface area contributed by atoms with Crippen molar-refractivity contribution in [3.63, 3.8) is 0 Å². The Morgan fingerprint density at radius 2 is 1.95 bits per heavy atom. The number of carboxylic acid groups (broad SMARTS) is 1.